The lowest BCUT2D eigenvalue weighted by Crippen LogP contribution is -2.41. The normalized spacial score (nSPS) is 15.4. The van der Waals surface area contributed by atoms with Crippen molar-refractivity contribution >= 4 is 22.6 Å². The Morgan fingerprint density at radius 2 is 1.92 bits per heavy atom. The van der Waals surface area contributed by atoms with Crippen LogP contribution in [0.4, 0.5) is 0 Å². The zero-order valence-electron chi connectivity index (χ0n) is 13.7. The van der Waals surface area contributed by atoms with Gasteiger partial charge in [-0.25, -0.2) is 0 Å². The second-order valence-corrected chi connectivity index (χ2v) is 6.36. The van der Waals surface area contributed by atoms with Crippen LogP contribution in [0.25, 0.3) is 10.8 Å². The molecule has 5 heteroatoms. The van der Waals surface area contributed by atoms with Gasteiger partial charge in [-0.05, 0) is 42.2 Å². The van der Waals surface area contributed by atoms with Crippen LogP contribution in [0.1, 0.15) is 31.4 Å². The van der Waals surface area contributed by atoms with E-state index in [9.17, 15) is 9.59 Å². The minimum absolute atomic E-state index is 0.109. The minimum Gasteiger partial charge on any atom is -0.480 e. The number of hydrogen-bond donors (Lipinski definition) is 2. The molecule has 0 saturated heterocycles. The van der Waals surface area contributed by atoms with E-state index in [1.54, 1.807) is 0 Å². The van der Waals surface area contributed by atoms with Gasteiger partial charge in [-0.15, -0.1) is 0 Å². The first-order chi connectivity index (χ1) is 11.5. The molecule has 0 aromatic heterocycles. The monoisotopic (exact) mass is 326 g/mol. The van der Waals surface area contributed by atoms with E-state index in [0.29, 0.717) is 6.04 Å². The van der Waals surface area contributed by atoms with Crippen LogP contribution in [-0.2, 0) is 9.59 Å². The highest BCUT2D eigenvalue weighted by atomic mass is 16.4. The molecule has 1 unspecified atom stereocenters. The zero-order valence-corrected chi connectivity index (χ0v) is 13.7. The van der Waals surface area contributed by atoms with Gasteiger partial charge in [0.25, 0.3) is 0 Å². The van der Waals surface area contributed by atoms with Gasteiger partial charge >= 0.3 is 5.97 Å². The number of benzene rings is 2. The third kappa shape index (κ3) is 3.92. The smallest absolute Gasteiger partial charge is 0.322 e. The summed E-state index contributed by atoms with van der Waals surface area (Å²) >= 11 is 0. The number of carboxylic acids is 1. The van der Waals surface area contributed by atoms with Crippen molar-refractivity contribution in [1.82, 2.24) is 10.2 Å². The number of hydrogen-bond acceptors (Lipinski definition) is 3. The molecule has 5 nitrogen and oxygen atoms in total. The number of amides is 1. The molecule has 1 aliphatic rings. The van der Waals surface area contributed by atoms with Gasteiger partial charge in [-0.2, -0.15) is 0 Å². The number of nitrogens with one attached hydrogen (secondary N) is 1. The Balaban J connectivity index is 1.74. The highest BCUT2D eigenvalue weighted by molar-refractivity contribution is 5.84. The Hall–Kier alpha value is -2.40. The minimum atomic E-state index is -1.02. The van der Waals surface area contributed by atoms with E-state index in [1.807, 2.05) is 12.1 Å². The van der Waals surface area contributed by atoms with Crippen LogP contribution in [0, 0.1) is 0 Å². The van der Waals surface area contributed by atoms with Crippen molar-refractivity contribution in [3.63, 3.8) is 0 Å². The third-order valence-electron chi connectivity index (χ3n) is 4.53. The molecule has 1 fully saturated rings. The standard InChI is InChI=1S/C19H22N2O3/c1-13(15-7-6-14-4-2-3-5-16(14)10-15)21(17-8-9-17)12-18(22)20-11-19(23)24/h2-7,10,13,17H,8-9,11-12H2,1H3,(H,20,22)(H,23,24). The van der Waals surface area contributed by atoms with Gasteiger partial charge in [0.2, 0.25) is 5.91 Å². The lowest BCUT2D eigenvalue weighted by molar-refractivity contribution is -0.138. The maximum Gasteiger partial charge on any atom is 0.322 e. The van der Waals surface area contributed by atoms with E-state index in [-0.39, 0.29) is 25.0 Å². The van der Waals surface area contributed by atoms with Crippen molar-refractivity contribution in [3.05, 3.63) is 48.0 Å². The molecular weight excluding hydrogens is 304 g/mol. The Morgan fingerprint density at radius 1 is 1.21 bits per heavy atom. The topological polar surface area (TPSA) is 69.6 Å². The first-order valence-electron chi connectivity index (χ1n) is 8.27. The van der Waals surface area contributed by atoms with Crippen LogP contribution in [0.5, 0.6) is 0 Å². The predicted molar refractivity (Wildman–Crippen MR) is 92.7 cm³/mol. The van der Waals surface area contributed by atoms with Crippen molar-refractivity contribution in [3.8, 4) is 0 Å². The van der Waals surface area contributed by atoms with Gasteiger partial charge < -0.3 is 10.4 Å². The number of fused-ring (bicyclic) bond motifs is 1. The molecule has 1 aliphatic carbocycles. The average Bonchev–Trinajstić information content (AvgIpc) is 3.41. The van der Waals surface area contributed by atoms with Gasteiger partial charge in [0.1, 0.15) is 6.54 Å². The maximum atomic E-state index is 12.0. The van der Waals surface area contributed by atoms with Crippen molar-refractivity contribution in [2.75, 3.05) is 13.1 Å². The molecule has 1 amide bonds. The number of carbonyl (C=O) groups is 2. The summed E-state index contributed by atoms with van der Waals surface area (Å²) in [4.78, 5) is 24.8. The molecule has 2 aromatic carbocycles. The van der Waals surface area contributed by atoms with Crippen LogP contribution < -0.4 is 5.32 Å². The van der Waals surface area contributed by atoms with Crippen LogP contribution in [0.3, 0.4) is 0 Å². The largest absolute Gasteiger partial charge is 0.480 e. The van der Waals surface area contributed by atoms with Gasteiger partial charge in [0.05, 0.1) is 6.54 Å². The molecule has 0 heterocycles. The molecule has 24 heavy (non-hydrogen) atoms. The van der Waals surface area contributed by atoms with E-state index in [4.69, 9.17) is 5.11 Å². The van der Waals surface area contributed by atoms with E-state index in [2.05, 4.69) is 47.5 Å². The first kappa shape index (κ1) is 16.5. The summed E-state index contributed by atoms with van der Waals surface area (Å²) in [6.45, 7) is 2.00. The molecule has 0 aliphatic heterocycles. The summed E-state index contributed by atoms with van der Waals surface area (Å²) in [6.07, 6.45) is 2.17. The van der Waals surface area contributed by atoms with E-state index < -0.39 is 5.97 Å². The Bertz CT molecular complexity index is 755. The van der Waals surface area contributed by atoms with Gasteiger partial charge in [-0.3, -0.25) is 14.5 Å². The average molecular weight is 326 g/mol. The first-order valence-corrected chi connectivity index (χ1v) is 8.27. The zero-order chi connectivity index (χ0) is 17.1. The SMILES string of the molecule is CC(c1ccc2ccccc2c1)N(CC(=O)NCC(=O)O)C1CC1. The number of carbonyl (C=O) groups excluding carboxylic acids is 1. The van der Waals surface area contributed by atoms with Gasteiger partial charge in [-0.1, -0.05) is 36.4 Å². The van der Waals surface area contributed by atoms with Gasteiger partial charge in [0, 0.05) is 12.1 Å². The summed E-state index contributed by atoms with van der Waals surface area (Å²) in [5.74, 6) is -1.26. The van der Waals surface area contributed by atoms with Crippen LogP contribution in [0.2, 0.25) is 0 Å². The maximum absolute atomic E-state index is 12.0. The molecular formula is C19H22N2O3. The Kier molecular flexibility index (Phi) is 4.81. The van der Waals surface area contributed by atoms with Crippen LogP contribution in [0.15, 0.2) is 42.5 Å². The quantitative estimate of drug-likeness (QED) is 0.820. The summed E-state index contributed by atoms with van der Waals surface area (Å²) in [5.41, 5.74) is 1.17. The number of nitrogens with zero attached hydrogens (tertiary/aromatic N) is 1. The summed E-state index contributed by atoms with van der Waals surface area (Å²) in [7, 11) is 0. The molecule has 1 atom stereocenters. The molecule has 3 rings (SSSR count). The third-order valence-corrected chi connectivity index (χ3v) is 4.53. The molecule has 0 spiro atoms. The fourth-order valence-electron chi connectivity index (χ4n) is 3.04. The van der Waals surface area contributed by atoms with Crippen molar-refractivity contribution in [2.45, 2.75) is 31.8 Å². The van der Waals surface area contributed by atoms with Crippen molar-refractivity contribution < 1.29 is 14.7 Å². The molecule has 126 valence electrons. The lowest BCUT2D eigenvalue weighted by Gasteiger charge is -2.29. The van der Waals surface area contributed by atoms with Crippen molar-refractivity contribution in [1.29, 1.82) is 0 Å². The highest BCUT2D eigenvalue weighted by Gasteiger charge is 2.34. The predicted octanol–water partition coefficient (Wildman–Crippen LogP) is 2.57. The van der Waals surface area contributed by atoms with Crippen molar-refractivity contribution in [2.24, 2.45) is 0 Å². The highest BCUT2D eigenvalue weighted by Crippen LogP contribution is 2.34. The fraction of sp³-hybridized carbons (Fsp3) is 0.368. The lowest BCUT2D eigenvalue weighted by atomic mass is 10.0. The molecule has 2 N–H and O–H groups in total. The second kappa shape index (κ2) is 7.01. The number of rotatable bonds is 7. The second-order valence-electron chi connectivity index (χ2n) is 6.36. The fourth-order valence-corrected chi connectivity index (χ4v) is 3.04. The molecule has 1 saturated carbocycles. The number of carboxylic acid groups (broad SMARTS) is 1. The molecule has 2 aromatic rings. The van der Waals surface area contributed by atoms with E-state index in [1.165, 1.54) is 16.3 Å². The van der Waals surface area contributed by atoms with Crippen LogP contribution >= 0.6 is 0 Å². The van der Waals surface area contributed by atoms with E-state index in [0.717, 1.165) is 12.8 Å². The summed E-state index contributed by atoms with van der Waals surface area (Å²) < 4.78 is 0. The summed E-state index contributed by atoms with van der Waals surface area (Å²) in [6, 6.07) is 15.1. The van der Waals surface area contributed by atoms with E-state index >= 15 is 0 Å². The Labute approximate surface area is 141 Å². The Morgan fingerprint density at radius 3 is 2.58 bits per heavy atom. The molecule has 0 radical (unpaired) electrons. The van der Waals surface area contributed by atoms with Crippen LogP contribution in [-0.4, -0.2) is 41.0 Å². The van der Waals surface area contributed by atoms with Gasteiger partial charge in [0.15, 0.2) is 0 Å². The molecule has 0 bridgehead atoms. The number of aliphatic carboxylic acids is 1. The summed E-state index contributed by atoms with van der Waals surface area (Å²) in [5, 5.41) is 13.5.